The lowest BCUT2D eigenvalue weighted by Gasteiger charge is -2.13. The fourth-order valence-corrected chi connectivity index (χ4v) is 6.57. The third-order valence-corrected chi connectivity index (χ3v) is 8.94. The number of aliphatic imine (C=N–C) groups is 1. The molecule has 0 fully saturated rings. The van der Waals surface area contributed by atoms with Crippen molar-refractivity contribution in [3.63, 3.8) is 0 Å². The summed E-state index contributed by atoms with van der Waals surface area (Å²) in [7, 11) is 0. The normalized spacial score (nSPS) is 11.9. The number of pyridine rings is 3. The average Bonchev–Trinajstić information content (AvgIpc) is 3.17. The van der Waals surface area contributed by atoms with E-state index in [0.717, 1.165) is 88.4 Å². The number of nitrogens with zero attached hydrogens (tertiary/aromatic N) is 4. The molecule has 4 nitrogen and oxygen atoms in total. The van der Waals surface area contributed by atoms with Gasteiger partial charge in [0.15, 0.2) is 0 Å². The number of rotatable bonds is 7. The molecule has 8 rings (SSSR count). The van der Waals surface area contributed by atoms with Crippen molar-refractivity contribution in [2.24, 2.45) is 4.99 Å². The van der Waals surface area contributed by atoms with Crippen LogP contribution < -0.4 is 0 Å². The van der Waals surface area contributed by atoms with E-state index in [-0.39, 0.29) is 0 Å². The lowest BCUT2D eigenvalue weighted by Crippen LogP contribution is -1.92. The minimum Gasteiger partial charge on any atom is -0.272 e. The van der Waals surface area contributed by atoms with Gasteiger partial charge in [-0.05, 0) is 112 Å². The molecule has 0 atom stereocenters. The van der Waals surface area contributed by atoms with Crippen molar-refractivity contribution in [2.75, 3.05) is 0 Å². The van der Waals surface area contributed by atoms with E-state index >= 15 is 0 Å². The van der Waals surface area contributed by atoms with Crippen LogP contribution in [-0.4, -0.2) is 21.7 Å². The van der Waals surface area contributed by atoms with Gasteiger partial charge in [-0.15, -0.1) is 0 Å². The van der Waals surface area contributed by atoms with Gasteiger partial charge in [0.1, 0.15) is 0 Å². The Hall–Kier alpha value is -6.52. The predicted molar refractivity (Wildman–Crippen MR) is 206 cm³/mol. The molecular weight excluding hydrogens is 597 g/mol. The van der Waals surface area contributed by atoms with Gasteiger partial charge < -0.3 is 0 Å². The Balaban J connectivity index is 1.25. The van der Waals surface area contributed by atoms with Crippen molar-refractivity contribution in [3.8, 4) is 44.6 Å². The van der Waals surface area contributed by atoms with Gasteiger partial charge in [-0.1, -0.05) is 91.0 Å². The Morgan fingerprint density at radius 1 is 0.612 bits per heavy atom. The van der Waals surface area contributed by atoms with Gasteiger partial charge in [0.25, 0.3) is 0 Å². The molecule has 5 aromatic carbocycles. The van der Waals surface area contributed by atoms with Crippen LogP contribution in [0.15, 0.2) is 169 Å². The van der Waals surface area contributed by atoms with E-state index in [9.17, 15) is 0 Å². The van der Waals surface area contributed by atoms with Gasteiger partial charge in [0.2, 0.25) is 0 Å². The summed E-state index contributed by atoms with van der Waals surface area (Å²) in [6.45, 7) is 5.71. The van der Waals surface area contributed by atoms with Crippen LogP contribution in [0.4, 0.5) is 0 Å². The molecule has 3 aromatic heterocycles. The second kappa shape index (κ2) is 12.9. The molecule has 8 aromatic rings. The third-order valence-electron chi connectivity index (χ3n) is 8.94. The zero-order valence-corrected chi connectivity index (χ0v) is 27.1. The van der Waals surface area contributed by atoms with E-state index in [4.69, 9.17) is 9.97 Å². The summed E-state index contributed by atoms with van der Waals surface area (Å²) >= 11 is 0. The van der Waals surface area contributed by atoms with E-state index in [1.54, 1.807) is 12.4 Å². The molecule has 3 heterocycles. The highest BCUT2D eigenvalue weighted by molar-refractivity contribution is 6.09. The first-order valence-electron chi connectivity index (χ1n) is 16.3. The van der Waals surface area contributed by atoms with Crippen LogP contribution in [0, 0.1) is 0 Å². The maximum atomic E-state index is 5.24. The number of hydrogen-bond acceptors (Lipinski definition) is 4. The monoisotopic (exact) mass is 628 g/mol. The first-order chi connectivity index (χ1) is 24.2. The van der Waals surface area contributed by atoms with Gasteiger partial charge in [-0.3, -0.25) is 15.0 Å². The molecule has 0 spiro atoms. The lowest BCUT2D eigenvalue weighted by molar-refractivity contribution is 1.33. The van der Waals surface area contributed by atoms with Crippen molar-refractivity contribution >= 4 is 44.9 Å². The number of allylic oxidation sites excluding steroid dienone is 3. The smallest absolute Gasteiger partial charge is 0.0978 e. The Bertz CT molecular complexity index is 2570. The summed E-state index contributed by atoms with van der Waals surface area (Å²) < 4.78 is 0. The number of benzene rings is 5. The molecule has 0 saturated heterocycles. The molecule has 0 aliphatic heterocycles. The maximum absolute atomic E-state index is 5.24. The molecule has 4 heteroatoms. The minimum absolute atomic E-state index is 0.909. The van der Waals surface area contributed by atoms with Gasteiger partial charge in [0.05, 0.1) is 16.7 Å². The van der Waals surface area contributed by atoms with Crippen molar-refractivity contribution < 1.29 is 0 Å². The Morgan fingerprint density at radius 3 is 2.12 bits per heavy atom. The van der Waals surface area contributed by atoms with Gasteiger partial charge in [-0.25, -0.2) is 4.98 Å². The SMILES string of the molecule is C=N/C=C(\C=C/C)c1cc(-c2cccnc2)cc(-c2ccc3cc(-c4cc(-c5ccccc5)c5ccc6cccnc6c5n4)ccc3c2)c1. The molecule has 0 aliphatic carbocycles. The lowest BCUT2D eigenvalue weighted by atomic mass is 9.92. The fourth-order valence-electron chi connectivity index (χ4n) is 6.57. The summed E-state index contributed by atoms with van der Waals surface area (Å²) in [5.41, 5.74) is 12.6. The van der Waals surface area contributed by atoms with E-state index in [0.29, 0.717) is 0 Å². The number of fused-ring (bicyclic) bond motifs is 4. The van der Waals surface area contributed by atoms with Gasteiger partial charge in [0, 0.05) is 46.7 Å². The molecule has 0 radical (unpaired) electrons. The largest absolute Gasteiger partial charge is 0.272 e. The molecule has 0 bridgehead atoms. The zero-order chi connectivity index (χ0) is 33.2. The standard InChI is InChI=1S/C45H32N4/c1-3-9-36(28-46-2)39-24-38(25-40(26-39)37-13-7-20-47-29-37)34-15-14-33-23-35(17-16-32(33)22-34)43-27-42(30-10-5-4-6-11-30)41-19-18-31-12-8-21-48-44(31)45(41)49-43/h3-29H,2H2,1H3/b9-3-,36-28+. The first kappa shape index (κ1) is 29.9. The van der Waals surface area contributed by atoms with Crippen molar-refractivity contribution in [1.82, 2.24) is 15.0 Å². The zero-order valence-electron chi connectivity index (χ0n) is 27.1. The first-order valence-corrected chi connectivity index (χ1v) is 16.3. The average molecular weight is 629 g/mol. The molecule has 0 unspecified atom stereocenters. The van der Waals surface area contributed by atoms with E-state index < -0.39 is 0 Å². The fraction of sp³-hybridized carbons (Fsp3) is 0.0222. The summed E-state index contributed by atoms with van der Waals surface area (Å²) in [5, 5.41) is 4.47. The quantitative estimate of drug-likeness (QED) is 0.100. The molecule has 49 heavy (non-hydrogen) atoms. The van der Waals surface area contributed by atoms with Crippen molar-refractivity contribution in [3.05, 3.63) is 170 Å². The molecule has 232 valence electrons. The van der Waals surface area contributed by atoms with Crippen LogP contribution in [0.3, 0.4) is 0 Å². The summed E-state index contributed by atoms with van der Waals surface area (Å²) in [6, 6.07) is 45.1. The summed E-state index contributed by atoms with van der Waals surface area (Å²) in [6.07, 6.45) is 11.4. The van der Waals surface area contributed by atoms with Crippen LogP contribution in [-0.2, 0) is 0 Å². The molecular formula is C45H32N4. The minimum atomic E-state index is 0.909. The van der Waals surface area contributed by atoms with Crippen LogP contribution in [0.1, 0.15) is 12.5 Å². The van der Waals surface area contributed by atoms with Crippen LogP contribution in [0.2, 0.25) is 0 Å². The second-order valence-electron chi connectivity index (χ2n) is 12.0. The van der Waals surface area contributed by atoms with E-state index in [1.807, 2.05) is 37.5 Å². The molecule has 0 amide bonds. The van der Waals surface area contributed by atoms with E-state index in [2.05, 4.69) is 138 Å². The highest BCUT2D eigenvalue weighted by atomic mass is 14.8. The molecule has 0 saturated carbocycles. The Kier molecular flexibility index (Phi) is 7.88. The van der Waals surface area contributed by atoms with Crippen molar-refractivity contribution in [2.45, 2.75) is 6.92 Å². The second-order valence-corrected chi connectivity index (χ2v) is 12.0. The third kappa shape index (κ3) is 5.81. The Labute approximate surface area is 285 Å². The summed E-state index contributed by atoms with van der Waals surface area (Å²) in [4.78, 5) is 18.4. The van der Waals surface area contributed by atoms with Gasteiger partial charge >= 0.3 is 0 Å². The molecule has 0 N–H and O–H groups in total. The van der Waals surface area contributed by atoms with Crippen molar-refractivity contribution in [1.29, 1.82) is 0 Å². The van der Waals surface area contributed by atoms with Crippen LogP contribution >= 0.6 is 0 Å². The Morgan fingerprint density at radius 2 is 1.35 bits per heavy atom. The highest BCUT2D eigenvalue weighted by Crippen LogP contribution is 2.37. The number of hydrogen-bond donors (Lipinski definition) is 0. The topological polar surface area (TPSA) is 51.0 Å². The summed E-state index contributed by atoms with van der Waals surface area (Å²) in [5.74, 6) is 0. The van der Waals surface area contributed by atoms with Crippen LogP contribution in [0.5, 0.6) is 0 Å². The van der Waals surface area contributed by atoms with E-state index in [1.165, 1.54) is 0 Å². The predicted octanol–water partition coefficient (Wildman–Crippen LogP) is 11.6. The van der Waals surface area contributed by atoms with Crippen LogP contribution in [0.25, 0.3) is 82.8 Å². The highest BCUT2D eigenvalue weighted by Gasteiger charge is 2.14. The molecule has 0 aliphatic rings. The van der Waals surface area contributed by atoms with Gasteiger partial charge in [-0.2, -0.15) is 0 Å². The number of aromatic nitrogens is 3. The maximum Gasteiger partial charge on any atom is 0.0978 e.